The number of hydrogen-bond acceptors (Lipinski definition) is 1. The summed E-state index contributed by atoms with van der Waals surface area (Å²) in [7, 11) is 0. The van der Waals surface area contributed by atoms with Gasteiger partial charge >= 0.3 is 0 Å². The summed E-state index contributed by atoms with van der Waals surface area (Å²) in [5, 5.41) is 4.34. The molecule has 2 nitrogen and oxygen atoms in total. The first-order valence-electron chi connectivity index (χ1n) is 8.88. The maximum Gasteiger partial charge on any atom is 0.221 e. The Kier molecular flexibility index (Phi) is 6.54. The molecule has 138 valence electrons. The van der Waals surface area contributed by atoms with Gasteiger partial charge in [0.15, 0.2) is 0 Å². The molecule has 3 rings (SSSR count). The molecule has 0 spiro atoms. The van der Waals surface area contributed by atoms with Gasteiger partial charge in [-0.2, -0.15) is 0 Å². The number of hydrogen-bond donors (Lipinski definition) is 1. The van der Waals surface area contributed by atoms with Crippen LogP contribution in [0.25, 0.3) is 0 Å². The van der Waals surface area contributed by atoms with Crippen molar-refractivity contribution < 1.29 is 4.79 Å². The van der Waals surface area contributed by atoms with Gasteiger partial charge < -0.3 is 5.32 Å². The lowest BCUT2D eigenvalue weighted by molar-refractivity contribution is -0.121. The molecule has 0 aliphatic rings. The molecule has 0 aliphatic heterocycles. The number of halogens is 2. The highest BCUT2D eigenvalue weighted by Crippen LogP contribution is 2.26. The van der Waals surface area contributed by atoms with Crippen LogP contribution >= 0.6 is 23.2 Å². The Morgan fingerprint density at radius 1 is 0.852 bits per heavy atom. The van der Waals surface area contributed by atoms with Gasteiger partial charge in [0.2, 0.25) is 5.91 Å². The number of rotatable bonds is 6. The van der Waals surface area contributed by atoms with E-state index in [0.29, 0.717) is 22.9 Å². The van der Waals surface area contributed by atoms with Crippen LogP contribution in [-0.2, 0) is 11.2 Å². The zero-order chi connectivity index (χ0) is 19.2. The van der Waals surface area contributed by atoms with Gasteiger partial charge in [0, 0.05) is 16.5 Å². The minimum Gasteiger partial charge on any atom is -0.345 e. The molecule has 0 saturated heterocycles. The van der Waals surface area contributed by atoms with Gasteiger partial charge in [0.1, 0.15) is 0 Å². The molecule has 4 heteroatoms. The van der Waals surface area contributed by atoms with E-state index in [-0.39, 0.29) is 11.9 Å². The van der Waals surface area contributed by atoms with Crippen molar-refractivity contribution in [1.82, 2.24) is 5.32 Å². The summed E-state index contributed by atoms with van der Waals surface area (Å²) in [5.41, 5.74) is 4.09. The molecule has 0 heterocycles. The predicted molar refractivity (Wildman–Crippen MR) is 112 cm³/mol. The summed E-state index contributed by atoms with van der Waals surface area (Å²) in [6.45, 7) is 2.05. The van der Waals surface area contributed by atoms with E-state index in [1.54, 1.807) is 18.2 Å². The largest absolute Gasteiger partial charge is 0.345 e. The molecular weight excluding hydrogens is 377 g/mol. The molecule has 3 aromatic rings. The monoisotopic (exact) mass is 397 g/mol. The molecule has 0 aliphatic carbocycles. The van der Waals surface area contributed by atoms with E-state index in [2.05, 4.69) is 29.6 Å². The average Bonchev–Trinajstić information content (AvgIpc) is 2.67. The van der Waals surface area contributed by atoms with Crippen molar-refractivity contribution in [3.8, 4) is 0 Å². The van der Waals surface area contributed by atoms with E-state index in [9.17, 15) is 4.79 Å². The highest BCUT2D eigenvalue weighted by molar-refractivity contribution is 6.36. The van der Waals surface area contributed by atoms with Gasteiger partial charge in [-0.3, -0.25) is 4.79 Å². The van der Waals surface area contributed by atoms with E-state index >= 15 is 0 Å². The molecule has 3 aromatic carbocycles. The van der Waals surface area contributed by atoms with Crippen molar-refractivity contribution in [2.45, 2.75) is 25.8 Å². The summed E-state index contributed by atoms with van der Waals surface area (Å²) in [6, 6.07) is 23.4. The van der Waals surface area contributed by atoms with E-state index in [0.717, 1.165) is 16.7 Å². The van der Waals surface area contributed by atoms with Crippen LogP contribution < -0.4 is 5.32 Å². The number of amides is 1. The van der Waals surface area contributed by atoms with Crippen molar-refractivity contribution in [2.24, 2.45) is 0 Å². The molecule has 0 fully saturated rings. The Morgan fingerprint density at radius 2 is 1.44 bits per heavy atom. The second-order valence-electron chi connectivity index (χ2n) is 6.52. The summed E-state index contributed by atoms with van der Waals surface area (Å²) in [5.74, 6) is -0.0413. The lowest BCUT2D eigenvalue weighted by Gasteiger charge is -2.20. The molecule has 0 radical (unpaired) electrons. The molecular formula is C23H21Cl2NO. The molecule has 0 unspecified atom stereocenters. The number of nitrogens with one attached hydrogen (secondary N) is 1. The molecule has 0 saturated carbocycles. The zero-order valence-corrected chi connectivity index (χ0v) is 16.6. The number of carbonyl (C=O) groups is 1. The lowest BCUT2D eigenvalue weighted by atomic mass is 9.97. The predicted octanol–water partition coefficient (Wildman–Crippen LogP) is 6.14. The molecule has 1 amide bonds. The van der Waals surface area contributed by atoms with Crippen LogP contribution in [0.2, 0.25) is 10.0 Å². The van der Waals surface area contributed by atoms with Crippen molar-refractivity contribution in [3.05, 3.63) is 105 Å². The van der Waals surface area contributed by atoms with E-state index in [4.69, 9.17) is 23.2 Å². The molecule has 1 N–H and O–H groups in total. The number of aryl methyl sites for hydroxylation is 1. The minimum atomic E-state index is -0.194. The minimum absolute atomic E-state index is 0.0413. The number of benzene rings is 3. The van der Waals surface area contributed by atoms with Gasteiger partial charge in [-0.25, -0.2) is 0 Å². The van der Waals surface area contributed by atoms with Gasteiger partial charge in [-0.05, 0) is 42.2 Å². The first-order chi connectivity index (χ1) is 13.0. The van der Waals surface area contributed by atoms with Crippen LogP contribution in [0.4, 0.5) is 0 Å². The Bertz CT molecular complexity index is 887. The maximum absolute atomic E-state index is 12.7. The molecule has 0 aromatic heterocycles. The second-order valence-corrected chi connectivity index (χ2v) is 7.34. The van der Waals surface area contributed by atoms with Crippen LogP contribution in [0.1, 0.15) is 34.7 Å². The van der Waals surface area contributed by atoms with Gasteiger partial charge in [0.05, 0.1) is 6.04 Å². The standard InChI is InChI=1S/C23H21Cl2NO/c1-16-10-12-18(13-11-16)23(17-6-3-2-4-7-17)26-22(27)15-14-19-20(24)8-5-9-21(19)25/h2-13,23H,14-15H2,1H3,(H,26,27)/t23-/m0/s1. The van der Waals surface area contributed by atoms with Crippen molar-refractivity contribution >= 4 is 29.1 Å². The quantitative estimate of drug-likeness (QED) is 0.531. The highest BCUT2D eigenvalue weighted by atomic mass is 35.5. The van der Waals surface area contributed by atoms with Crippen molar-refractivity contribution in [1.29, 1.82) is 0 Å². The summed E-state index contributed by atoms with van der Waals surface area (Å²) in [4.78, 5) is 12.7. The summed E-state index contributed by atoms with van der Waals surface area (Å²) in [6.07, 6.45) is 0.818. The first kappa shape index (κ1) is 19.5. The van der Waals surface area contributed by atoms with Gasteiger partial charge in [-0.1, -0.05) is 89.4 Å². The summed E-state index contributed by atoms with van der Waals surface area (Å²) < 4.78 is 0. The fourth-order valence-corrected chi connectivity index (χ4v) is 3.59. The van der Waals surface area contributed by atoms with Gasteiger partial charge in [0.25, 0.3) is 0 Å². The topological polar surface area (TPSA) is 29.1 Å². The maximum atomic E-state index is 12.7. The lowest BCUT2D eigenvalue weighted by Crippen LogP contribution is -2.29. The smallest absolute Gasteiger partial charge is 0.221 e. The third-order valence-corrected chi connectivity index (χ3v) is 5.22. The normalized spacial score (nSPS) is 11.8. The first-order valence-corrected chi connectivity index (χ1v) is 9.64. The van der Waals surface area contributed by atoms with Crippen molar-refractivity contribution in [2.75, 3.05) is 0 Å². The third kappa shape index (κ3) is 5.12. The fraction of sp³-hybridized carbons (Fsp3) is 0.174. The Labute approximate surface area is 170 Å². The Balaban J connectivity index is 1.76. The van der Waals surface area contributed by atoms with Crippen molar-refractivity contribution in [3.63, 3.8) is 0 Å². The highest BCUT2D eigenvalue weighted by Gasteiger charge is 2.17. The van der Waals surface area contributed by atoms with Crippen LogP contribution in [0.3, 0.4) is 0 Å². The molecule has 0 bridgehead atoms. The van der Waals surface area contributed by atoms with E-state index in [1.165, 1.54) is 5.56 Å². The second kappa shape index (κ2) is 9.07. The van der Waals surface area contributed by atoms with E-state index in [1.807, 2.05) is 37.3 Å². The van der Waals surface area contributed by atoms with E-state index < -0.39 is 0 Å². The van der Waals surface area contributed by atoms with Crippen LogP contribution in [0.15, 0.2) is 72.8 Å². The number of carbonyl (C=O) groups excluding carboxylic acids is 1. The summed E-state index contributed by atoms with van der Waals surface area (Å²) >= 11 is 12.4. The zero-order valence-electron chi connectivity index (χ0n) is 15.1. The third-order valence-electron chi connectivity index (χ3n) is 4.51. The fourth-order valence-electron chi connectivity index (χ4n) is 3.01. The van der Waals surface area contributed by atoms with Crippen LogP contribution in [0, 0.1) is 6.92 Å². The SMILES string of the molecule is Cc1ccc([C@@H](NC(=O)CCc2c(Cl)cccc2Cl)c2ccccc2)cc1. The van der Waals surface area contributed by atoms with Crippen LogP contribution in [0.5, 0.6) is 0 Å². The molecule has 1 atom stereocenters. The van der Waals surface area contributed by atoms with Crippen LogP contribution in [-0.4, -0.2) is 5.91 Å². The Morgan fingerprint density at radius 3 is 2.07 bits per heavy atom. The Hall–Kier alpha value is -2.29. The van der Waals surface area contributed by atoms with Gasteiger partial charge in [-0.15, -0.1) is 0 Å². The average molecular weight is 398 g/mol. The molecule has 27 heavy (non-hydrogen) atoms.